The SMILES string of the molecule is COc1ccccc1N1C(=O)[C@H]2[C@@H](c3cc(Br)c(O)c(OC)c3)N(c3ccccc3)O[C@H]2C1=O. The summed E-state index contributed by atoms with van der Waals surface area (Å²) in [4.78, 5) is 34.6. The summed E-state index contributed by atoms with van der Waals surface area (Å²) in [6.45, 7) is 0. The number of imide groups is 1. The summed E-state index contributed by atoms with van der Waals surface area (Å²) in [5, 5.41) is 11.9. The normalized spacial score (nSPS) is 21.7. The second-order valence-electron chi connectivity index (χ2n) is 7.90. The summed E-state index contributed by atoms with van der Waals surface area (Å²) in [7, 11) is 2.93. The van der Waals surface area contributed by atoms with E-state index in [1.165, 1.54) is 14.2 Å². The molecule has 0 aromatic heterocycles. The number of phenols is 1. The van der Waals surface area contributed by atoms with Crippen LogP contribution in [0.2, 0.25) is 0 Å². The molecule has 2 aliphatic rings. The topological polar surface area (TPSA) is 88.5 Å². The first-order chi connectivity index (χ1) is 16.5. The quantitative estimate of drug-likeness (QED) is 0.499. The van der Waals surface area contributed by atoms with Gasteiger partial charge in [-0.3, -0.25) is 14.4 Å². The molecule has 5 rings (SSSR count). The van der Waals surface area contributed by atoms with Crippen LogP contribution in [-0.4, -0.2) is 37.2 Å². The number of benzene rings is 3. The lowest BCUT2D eigenvalue weighted by molar-refractivity contribution is -0.126. The van der Waals surface area contributed by atoms with Crippen molar-refractivity contribution in [3.8, 4) is 17.2 Å². The minimum atomic E-state index is -1.03. The molecule has 34 heavy (non-hydrogen) atoms. The van der Waals surface area contributed by atoms with E-state index < -0.39 is 29.9 Å². The highest BCUT2D eigenvalue weighted by atomic mass is 79.9. The number of carbonyl (C=O) groups is 2. The van der Waals surface area contributed by atoms with Crippen molar-refractivity contribution in [1.29, 1.82) is 0 Å². The van der Waals surface area contributed by atoms with E-state index in [0.717, 1.165) is 4.90 Å². The molecule has 2 fully saturated rings. The van der Waals surface area contributed by atoms with Gasteiger partial charge < -0.3 is 14.6 Å². The van der Waals surface area contributed by atoms with Crippen LogP contribution >= 0.6 is 15.9 Å². The van der Waals surface area contributed by atoms with E-state index in [-0.39, 0.29) is 11.5 Å². The number of aromatic hydroxyl groups is 1. The fourth-order valence-corrected chi connectivity index (χ4v) is 4.98. The standard InChI is InChI=1S/C25H21BrN2O6/c1-32-18-11-7-6-10-17(18)27-24(30)20-21(14-12-16(26)22(29)19(13-14)33-2)28(34-23(20)25(27)31)15-8-4-3-5-9-15/h3-13,20-21,23,29H,1-2H3/t20-,21+,23+/m0/s1. The third-order valence-electron chi connectivity index (χ3n) is 6.06. The molecule has 3 atom stereocenters. The minimum absolute atomic E-state index is 0.0579. The molecular weight excluding hydrogens is 504 g/mol. The molecule has 2 aliphatic heterocycles. The van der Waals surface area contributed by atoms with Crippen LogP contribution in [0.3, 0.4) is 0 Å². The van der Waals surface area contributed by atoms with Crippen molar-refractivity contribution in [3.63, 3.8) is 0 Å². The van der Waals surface area contributed by atoms with Gasteiger partial charge in [0.15, 0.2) is 17.6 Å². The van der Waals surface area contributed by atoms with Gasteiger partial charge >= 0.3 is 0 Å². The fraction of sp³-hybridized carbons (Fsp3) is 0.200. The van der Waals surface area contributed by atoms with Crippen LogP contribution in [-0.2, 0) is 14.4 Å². The number of fused-ring (bicyclic) bond motifs is 1. The molecule has 174 valence electrons. The monoisotopic (exact) mass is 524 g/mol. The van der Waals surface area contributed by atoms with E-state index in [2.05, 4.69) is 15.9 Å². The molecule has 0 aliphatic carbocycles. The lowest BCUT2D eigenvalue weighted by Gasteiger charge is -2.29. The summed E-state index contributed by atoms with van der Waals surface area (Å²) in [6.07, 6.45) is -1.03. The Bertz CT molecular complexity index is 1270. The van der Waals surface area contributed by atoms with Crippen molar-refractivity contribution >= 4 is 39.1 Å². The van der Waals surface area contributed by atoms with Gasteiger partial charge in [-0.05, 0) is 57.9 Å². The third-order valence-corrected chi connectivity index (χ3v) is 6.67. The highest BCUT2D eigenvalue weighted by molar-refractivity contribution is 9.10. The van der Waals surface area contributed by atoms with Crippen molar-refractivity contribution in [2.75, 3.05) is 24.2 Å². The van der Waals surface area contributed by atoms with E-state index >= 15 is 0 Å². The lowest BCUT2D eigenvalue weighted by atomic mass is 9.90. The molecule has 2 saturated heterocycles. The molecule has 0 unspecified atom stereocenters. The van der Waals surface area contributed by atoms with Crippen molar-refractivity contribution < 1.29 is 29.0 Å². The molecule has 2 heterocycles. The van der Waals surface area contributed by atoms with Crippen LogP contribution in [0.25, 0.3) is 0 Å². The van der Waals surface area contributed by atoms with E-state index in [9.17, 15) is 14.7 Å². The van der Waals surface area contributed by atoms with Crippen LogP contribution in [0, 0.1) is 5.92 Å². The maximum atomic E-state index is 13.8. The average Bonchev–Trinajstić information content (AvgIpc) is 3.37. The molecular formula is C25H21BrN2O6. The second-order valence-corrected chi connectivity index (χ2v) is 8.75. The first-order valence-corrected chi connectivity index (χ1v) is 11.3. The number of ether oxygens (including phenoxy) is 2. The van der Waals surface area contributed by atoms with Crippen LogP contribution in [0.1, 0.15) is 11.6 Å². The molecule has 0 radical (unpaired) electrons. The predicted molar refractivity (Wildman–Crippen MR) is 128 cm³/mol. The molecule has 1 N–H and O–H groups in total. The second kappa shape index (κ2) is 8.66. The van der Waals surface area contributed by atoms with E-state index in [1.807, 2.05) is 30.3 Å². The van der Waals surface area contributed by atoms with Gasteiger partial charge in [0.1, 0.15) is 11.7 Å². The number of anilines is 2. The molecule has 3 aromatic rings. The summed E-state index contributed by atoms with van der Waals surface area (Å²) < 4.78 is 11.1. The van der Waals surface area contributed by atoms with Crippen molar-refractivity contribution in [3.05, 3.63) is 76.8 Å². The number of rotatable bonds is 5. The zero-order valence-electron chi connectivity index (χ0n) is 18.3. The molecule has 0 spiro atoms. The lowest BCUT2D eigenvalue weighted by Crippen LogP contribution is -2.37. The third kappa shape index (κ3) is 3.39. The number of para-hydroxylation sites is 3. The van der Waals surface area contributed by atoms with Gasteiger partial charge in [-0.1, -0.05) is 30.3 Å². The number of carbonyl (C=O) groups excluding carboxylic acids is 2. The number of amides is 2. The van der Waals surface area contributed by atoms with Gasteiger partial charge in [-0.2, -0.15) is 0 Å². The van der Waals surface area contributed by atoms with Crippen molar-refractivity contribution in [2.24, 2.45) is 5.92 Å². The molecule has 0 bridgehead atoms. The Morgan fingerprint density at radius 3 is 2.29 bits per heavy atom. The number of methoxy groups -OCH3 is 2. The highest BCUT2D eigenvalue weighted by Gasteiger charge is 2.60. The van der Waals surface area contributed by atoms with Gasteiger partial charge in [-0.25, -0.2) is 9.96 Å². The Morgan fingerprint density at radius 1 is 0.912 bits per heavy atom. The Hall–Kier alpha value is -3.56. The zero-order valence-corrected chi connectivity index (χ0v) is 19.9. The summed E-state index contributed by atoms with van der Waals surface area (Å²) in [6, 6.07) is 18.8. The van der Waals surface area contributed by atoms with Crippen molar-refractivity contribution in [2.45, 2.75) is 12.1 Å². The van der Waals surface area contributed by atoms with Gasteiger partial charge in [0.25, 0.3) is 5.91 Å². The predicted octanol–water partition coefficient (Wildman–Crippen LogP) is 4.22. The number of hydrogen-bond acceptors (Lipinski definition) is 7. The fourth-order valence-electron chi connectivity index (χ4n) is 4.52. The molecule has 0 saturated carbocycles. The molecule has 2 amide bonds. The minimum Gasteiger partial charge on any atom is -0.503 e. The van der Waals surface area contributed by atoms with Crippen molar-refractivity contribution in [1.82, 2.24) is 0 Å². The smallest absolute Gasteiger partial charge is 0.266 e. The highest BCUT2D eigenvalue weighted by Crippen LogP contribution is 2.50. The van der Waals surface area contributed by atoms with Gasteiger partial charge in [0.2, 0.25) is 5.91 Å². The molecule has 3 aromatic carbocycles. The van der Waals surface area contributed by atoms with Gasteiger partial charge in [0, 0.05) is 0 Å². The summed E-state index contributed by atoms with van der Waals surface area (Å²) in [5.74, 6) is -1.11. The van der Waals surface area contributed by atoms with Crippen LogP contribution in [0.4, 0.5) is 11.4 Å². The van der Waals surface area contributed by atoms with E-state index in [4.69, 9.17) is 14.3 Å². The number of hydroxylamine groups is 1. The maximum absolute atomic E-state index is 13.8. The number of halogens is 1. The van der Waals surface area contributed by atoms with Crippen LogP contribution < -0.4 is 19.4 Å². The largest absolute Gasteiger partial charge is 0.503 e. The average molecular weight is 525 g/mol. The number of nitrogens with zero attached hydrogens (tertiary/aromatic N) is 2. The van der Waals surface area contributed by atoms with E-state index in [0.29, 0.717) is 27.2 Å². The Balaban J connectivity index is 1.64. The first-order valence-electron chi connectivity index (χ1n) is 10.5. The maximum Gasteiger partial charge on any atom is 0.266 e. The Morgan fingerprint density at radius 2 is 1.59 bits per heavy atom. The summed E-state index contributed by atoms with van der Waals surface area (Å²) >= 11 is 3.36. The Labute approximate surface area is 204 Å². The molecule has 8 nitrogen and oxygen atoms in total. The Kier molecular flexibility index (Phi) is 5.66. The van der Waals surface area contributed by atoms with Crippen LogP contribution in [0.5, 0.6) is 17.2 Å². The van der Waals surface area contributed by atoms with Crippen LogP contribution in [0.15, 0.2) is 71.2 Å². The zero-order chi connectivity index (χ0) is 24.0. The molecule has 9 heteroatoms. The van der Waals surface area contributed by atoms with Gasteiger partial charge in [-0.15, -0.1) is 0 Å². The number of phenolic OH excluding ortho intramolecular Hbond substituents is 1. The number of hydrogen-bond donors (Lipinski definition) is 1. The van der Waals surface area contributed by atoms with E-state index in [1.54, 1.807) is 41.5 Å². The first kappa shape index (κ1) is 22.2. The summed E-state index contributed by atoms with van der Waals surface area (Å²) in [5.41, 5.74) is 1.70. The van der Waals surface area contributed by atoms with Gasteiger partial charge in [0.05, 0.1) is 36.1 Å².